The van der Waals surface area contributed by atoms with Crippen LogP contribution in [0.15, 0.2) is 52.9 Å². The molecule has 0 radical (unpaired) electrons. The van der Waals surface area contributed by atoms with Crippen molar-refractivity contribution in [3.63, 3.8) is 0 Å². The fourth-order valence-corrected chi connectivity index (χ4v) is 2.37. The fraction of sp³-hybridized carbons (Fsp3) is 0.158. The van der Waals surface area contributed by atoms with Gasteiger partial charge in [-0.15, -0.1) is 16.7 Å². The van der Waals surface area contributed by atoms with Crippen LogP contribution in [0.5, 0.6) is 5.75 Å². The number of carbonyl (C=O) groups is 2. The van der Waals surface area contributed by atoms with Crippen molar-refractivity contribution in [1.29, 1.82) is 0 Å². The first-order valence-electron chi connectivity index (χ1n) is 8.31. The van der Waals surface area contributed by atoms with Crippen LogP contribution in [0.25, 0.3) is 11.5 Å². The Labute approximate surface area is 165 Å². The molecular weight excluding hydrogens is 384 g/mol. The summed E-state index contributed by atoms with van der Waals surface area (Å²) in [5, 5.41) is 12.2. The van der Waals surface area contributed by atoms with Crippen molar-refractivity contribution in [2.75, 3.05) is 17.7 Å². The van der Waals surface area contributed by atoms with Crippen LogP contribution in [0.1, 0.15) is 17.3 Å². The zero-order valence-corrected chi connectivity index (χ0v) is 15.9. The highest BCUT2D eigenvalue weighted by Gasteiger charge is 2.18. The lowest BCUT2D eigenvalue weighted by atomic mass is 10.1. The molecule has 0 spiro atoms. The van der Waals surface area contributed by atoms with Crippen LogP contribution in [0.4, 0.5) is 11.7 Å². The van der Waals surface area contributed by atoms with Gasteiger partial charge in [-0.1, -0.05) is 17.2 Å². The lowest BCUT2D eigenvalue weighted by Gasteiger charge is -2.10. The topological polar surface area (TPSA) is 106 Å². The van der Waals surface area contributed by atoms with Crippen LogP contribution >= 0.6 is 11.6 Å². The Balaban J connectivity index is 1.75. The zero-order chi connectivity index (χ0) is 20.1. The highest BCUT2D eigenvalue weighted by atomic mass is 35.5. The first-order chi connectivity index (χ1) is 13.5. The number of anilines is 2. The third-order valence-corrected chi connectivity index (χ3v) is 3.97. The summed E-state index contributed by atoms with van der Waals surface area (Å²) in [6.07, 6.45) is 0. The molecule has 0 saturated heterocycles. The minimum absolute atomic E-state index is 0.0670. The van der Waals surface area contributed by atoms with E-state index in [4.69, 9.17) is 20.8 Å². The van der Waals surface area contributed by atoms with Gasteiger partial charge >= 0.3 is 6.01 Å². The molecule has 28 heavy (non-hydrogen) atoms. The second-order valence-electron chi connectivity index (χ2n) is 5.75. The number of halogens is 1. The summed E-state index contributed by atoms with van der Waals surface area (Å²) in [5.41, 5.74) is 1.24. The smallest absolute Gasteiger partial charge is 0.322 e. The molecule has 2 aromatic carbocycles. The number of hydrogen-bond acceptors (Lipinski definition) is 6. The van der Waals surface area contributed by atoms with Crippen LogP contribution in [-0.2, 0) is 4.79 Å². The average molecular weight is 401 g/mol. The number of benzene rings is 2. The molecular formula is C19H17ClN4O4. The van der Waals surface area contributed by atoms with E-state index >= 15 is 0 Å². The molecule has 3 aromatic rings. The van der Waals surface area contributed by atoms with E-state index in [9.17, 15) is 9.59 Å². The minimum Gasteiger partial charge on any atom is -0.497 e. The van der Waals surface area contributed by atoms with E-state index in [0.29, 0.717) is 17.0 Å². The third-order valence-electron chi connectivity index (χ3n) is 3.77. The quantitative estimate of drug-likeness (QED) is 0.613. The van der Waals surface area contributed by atoms with Gasteiger partial charge in [-0.3, -0.25) is 14.9 Å². The van der Waals surface area contributed by atoms with Crippen molar-refractivity contribution in [1.82, 2.24) is 10.2 Å². The van der Waals surface area contributed by atoms with Crippen LogP contribution in [-0.4, -0.2) is 34.5 Å². The van der Waals surface area contributed by atoms with E-state index in [1.165, 1.54) is 0 Å². The molecule has 0 bridgehead atoms. The number of aromatic nitrogens is 2. The number of nitrogens with zero attached hydrogens (tertiary/aromatic N) is 2. The second kappa shape index (κ2) is 8.53. The number of rotatable bonds is 6. The van der Waals surface area contributed by atoms with Gasteiger partial charge in [0.15, 0.2) is 0 Å². The molecule has 3 rings (SSSR count). The Hall–Kier alpha value is -3.39. The molecule has 2 N–H and O–H groups in total. The Bertz CT molecular complexity index is 986. The van der Waals surface area contributed by atoms with Crippen molar-refractivity contribution >= 4 is 35.1 Å². The Morgan fingerprint density at radius 1 is 1.07 bits per heavy atom. The maximum atomic E-state index is 12.6. The normalized spacial score (nSPS) is 11.5. The molecule has 1 heterocycles. The molecule has 1 atom stereocenters. The van der Waals surface area contributed by atoms with E-state index in [2.05, 4.69) is 20.8 Å². The van der Waals surface area contributed by atoms with Gasteiger partial charge < -0.3 is 14.5 Å². The molecule has 2 amide bonds. The van der Waals surface area contributed by atoms with Crippen LogP contribution < -0.4 is 15.4 Å². The summed E-state index contributed by atoms with van der Waals surface area (Å²) in [4.78, 5) is 24.4. The highest BCUT2D eigenvalue weighted by molar-refractivity contribution is 6.32. The third kappa shape index (κ3) is 4.47. The van der Waals surface area contributed by atoms with Crippen molar-refractivity contribution in [3.8, 4) is 17.2 Å². The first kappa shape index (κ1) is 19.4. The number of carbonyl (C=O) groups excluding carboxylic acids is 2. The number of alkyl halides is 1. The zero-order valence-electron chi connectivity index (χ0n) is 15.1. The maximum Gasteiger partial charge on any atom is 0.322 e. The Morgan fingerprint density at radius 3 is 2.46 bits per heavy atom. The number of nitrogens with one attached hydrogen (secondary N) is 2. The average Bonchev–Trinajstić information content (AvgIpc) is 3.16. The molecule has 9 heteroatoms. The SMILES string of the molecule is COc1ccc(-c2nnc(NC(=O)c3ccccc3NC(=O)[C@@H](C)Cl)o2)cc1. The lowest BCUT2D eigenvalue weighted by molar-refractivity contribution is -0.115. The van der Waals surface area contributed by atoms with Crippen molar-refractivity contribution in [2.24, 2.45) is 0 Å². The minimum atomic E-state index is -0.737. The molecule has 0 fully saturated rings. The first-order valence-corrected chi connectivity index (χ1v) is 8.75. The van der Waals surface area contributed by atoms with E-state index in [1.807, 2.05) is 0 Å². The van der Waals surface area contributed by atoms with Gasteiger partial charge in [-0.2, -0.15) is 0 Å². The predicted octanol–water partition coefficient (Wildman–Crippen LogP) is 3.56. The van der Waals surface area contributed by atoms with Gasteiger partial charge in [0.2, 0.25) is 11.8 Å². The van der Waals surface area contributed by atoms with Gasteiger partial charge in [-0.25, -0.2) is 0 Å². The number of para-hydroxylation sites is 1. The van der Waals surface area contributed by atoms with E-state index in [-0.39, 0.29) is 17.5 Å². The molecule has 8 nitrogen and oxygen atoms in total. The Morgan fingerprint density at radius 2 is 1.79 bits per heavy atom. The molecule has 144 valence electrons. The summed E-state index contributed by atoms with van der Waals surface area (Å²) in [6.45, 7) is 1.54. The molecule has 0 aliphatic carbocycles. The van der Waals surface area contributed by atoms with E-state index in [0.717, 1.165) is 0 Å². The van der Waals surface area contributed by atoms with Crippen molar-refractivity contribution in [3.05, 3.63) is 54.1 Å². The standard InChI is InChI=1S/C19H17ClN4O4/c1-11(20)16(25)21-15-6-4-3-5-14(15)17(26)22-19-24-23-18(28-19)12-7-9-13(27-2)10-8-12/h3-11H,1-2H3,(H,21,25)(H,22,24,26)/t11-/m1/s1. The van der Waals surface area contributed by atoms with E-state index in [1.54, 1.807) is 62.6 Å². The largest absolute Gasteiger partial charge is 0.497 e. The fourth-order valence-electron chi connectivity index (χ4n) is 2.31. The second-order valence-corrected chi connectivity index (χ2v) is 6.40. The number of ether oxygens (including phenoxy) is 1. The van der Waals surface area contributed by atoms with Crippen molar-refractivity contribution in [2.45, 2.75) is 12.3 Å². The summed E-state index contributed by atoms with van der Waals surface area (Å²) < 4.78 is 10.6. The summed E-state index contributed by atoms with van der Waals surface area (Å²) in [6, 6.07) is 13.5. The van der Waals surface area contributed by atoms with Gasteiger partial charge in [0, 0.05) is 5.56 Å². The molecule has 0 aliphatic rings. The number of hydrogen-bond donors (Lipinski definition) is 2. The molecule has 0 saturated carbocycles. The summed E-state index contributed by atoms with van der Waals surface area (Å²) in [7, 11) is 1.57. The lowest BCUT2D eigenvalue weighted by Crippen LogP contribution is -2.23. The molecule has 1 aromatic heterocycles. The maximum absolute atomic E-state index is 12.6. The highest BCUT2D eigenvalue weighted by Crippen LogP contribution is 2.23. The van der Waals surface area contributed by atoms with Gasteiger partial charge in [-0.05, 0) is 43.3 Å². The summed E-state index contributed by atoms with van der Waals surface area (Å²) in [5.74, 6) is 0.0155. The van der Waals surface area contributed by atoms with Crippen LogP contribution in [0, 0.1) is 0 Å². The van der Waals surface area contributed by atoms with Crippen molar-refractivity contribution < 1.29 is 18.7 Å². The van der Waals surface area contributed by atoms with Gasteiger partial charge in [0.25, 0.3) is 5.91 Å². The Kier molecular flexibility index (Phi) is 5.90. The van der Waals surface area contributed by atoms with Crippen LogP contribution in [0.2, 0.25) is 0 Å². The van der Waals surface area contributed by atoms with Gasteiger partial charge in [0.05, 0.1) is 18.4 Å². The molecule has 0 aliphatic heterocycles. The molecule has 0 unspecified atom stereocenters. The monoisotopic (exact) mass is 400 g/mol. The van der Waals surface area contributed by atoms with Crippen LogP contribution in [0.3, 0.4) is 0 Å². The van der Waals surface area contributed by atoms with E-state index < -0.39 is 17.2 Å². The number of methoxy groups -OCH3 is 1. The van der Waals surface area contributed by atoms with Gasteiger partial charge in [0.1, 0.15) is 11.1 Å². The summed E-state index contributed by atoms with van der Waals surface area (Å²) >= 11 is 5.77. The number of amides is 2. The predicted molar refractivity (Wildman–Crippen MR) is 105 cm³/mol.